The molecular formula is C15H13F4N3O2. The standard InChI is InChI=1S/C15H13F4N3O2/c1-8-20-21-12(24-8)11-6-9-4-2-3-5-10(9)7-22(11)14(23)15(18,19)13(16)17/h2-5,11,13H,6-7H2,1H3/t11-/m0/s1. The number of hydrogen-bond donors (Lipinski definition) is 0. The highest BCUT2D eigenvalue weighted by atomic mass is 19.3. The summed E-state index contributed by atoms with van der Waals surface area (Å²) in [5.74, 6) is -6.59. The van der Waals surface area contributed by atoms with Crippen molar-refractivity contribution < 1.29 is 26.8 Å². The van der Waals surface area contributed by atoms with Crippen molar-refractivity contribution in [1.29, 1.82) is 0 Å². The average Bonchev–Trinajstić information content (AvgIpc) is 2.99. The maximum atomic E-state index is 13.6. The normalized spacial score (nSPS) is 17.9. The fourth-order valence-corrected chi connectivity index (χ4v) is 2.69. The van der Waals surface area contributed by atoms with Crippen molar-refractivity contribution in [1.82, 2.24) is 15.1 Å². The Bertz CT molecular complexity index is 763. The summed E-state index contributed by atoms with van der Waals surface area (Å²) in [6.45, 7) is 1.27. The summed E-state index contributed by atoms with van der Waals surface area (Å²) in [7, 11) is 0. The van der Waals surface area contributed by atoms with Crippen molar-refractivity contribution in [3.63, 3.8) is 0 Å². The number of hydrogen-bond acceptors (Lipinski definition) is 4. The maximum absolute atomic E-state index is 13.6. The van der Waals surface area contributed by atoms with Crippen LogP contribution in [0.4, 0.5) is 17.6 Å². The Hall–Kier alpha value is -2.45. The van der Waals surface area contributed by atoms with Gasteiger partial charge in [-0.25, -0.2) is 8.78 Å². The van der Waals surface area contributed by atoms with Crippen molar-refractivity contribution in [3.8, 4) is 0 Å². The number of amides is 1. The predicted molar refractivity (Wildman–Crippen MR) is 73.4 cm³/mol. The zero-order valence-corrected chi connectivity index (χ0v) is 12.5. The number of fused-ring (bicyclic) bond motifs is 1. The Balaban J connectivity index is 2.02. The lowest BCUT2D eigenvalue weighted by atomic mass is 9.93. The van der Waals surface area contributed by atoms with Gasteiger partial charge in [-0.2, -0.15) is 8.78 Å². The minimum Gasteiger partial charge on any atom is -0.423 e. The third-order valence-electron chi connectivity index (χ3n) is 3.90. The van der Waals surface area contributed by atoms with Crippen LogP contribution < -0.4 is 0 Å². The second-order valence-electron chi connectivity index (χ2n) is 5.50. The Morgan fingerprint density at radius 3 is 2.54 bits per heavy atom. The molecule has 0 bridgehead atoms. The van der Waals surface area contributed by atoms with Gasteiger partial charge in [-0.3, -0.25) is 4.79 Å². The summed E-state index contributed by atoms with van der Waals surface area (Å²) in [5.41, 5.74) is 1.42. The molecule has 1 amide bonds. The molecule has 0 unspecified atom stereocenters. The topological polar surface area (TPSA) is 59.2 Å². The Kier molecular flexibility index (Phi) is 4.02. The number of rotatable bonds is 3. The summed E-state index contributed by atoms with van der Waals surface area (Å²) >= 11 is 0. The van der Waals surface area contributed by atoms with Gasteiger partial charge >= 0.3 is 12.3 Å². The molecule has 3 rings (SSSR count). The molecule has 0 N–H and O–H groups in total. The van der Waals surface area contributed by atoms with Gasteiger partial charge in [-0.1, -0.05) is 24.3 Å². The highest BCUT2D eigenvalue weighted by molar-refractivity contribution is 5.84. The summed E-state index contributed by atoms with van der Waals surface area (Å²) in [4.78, 5) is 12.7. The van der Waals surface area contributed by atoms with Gasteiger partial charge in [0.15, 0.2) is 0 Å². The highest BCUT2D eigenvalue weighted by Gasteiger charge is 2.53. The second-order valence-corrected chi connectivity index (χ2v) is 5.50. The molecule has 5 nitrogen and oxygen atoms in total. The molecule has 0 saturated heterocycles. The number of carbonyl (C=O) groups is 1. The molecule has 24 heavy (non-hydrogen) atoms. The number of nitrogens with zero attached hydrogens (tertiary/aromatic N) is 3. The van der Waals surface area contributed by atoms with Crippen LogP contribution in [0.1, 0.15) is 29.0 Å². The number of carbonyl (C=O) groups excluding carboxylic acids is 1. The van der Waals surface area contributed by atoms with Gasteiger partial charge in [0.25, 0.3) is 5.91 Å². The van der Waals surface area contributed by atoms with E-state index in [0.717, 1.165) is 5.56 Å². The van der Waals surface area contributed by atoms with Crippen molar-refractivity contribution in [2.24, 2.45) is 0 Å². The first-order chi connectivity index (χ1) is 11.3. The third-order valence-corrected chi connectivity index (χ3v) is 3.90. The lowest BCUT2D eigenvalue weighted by Crippen LogP contribution is -2.50. The second kappa shape index (κ2) is 5.88. The van der Waals surface area contributed by atoms with E-state index in [4.69, 9.17) is 4.42 Å². The zero-order valence-electron chi connectivity index (χ0n) is 12.5. The van der Waals surface area contributed by atoms with Gasteiger partial charge in [-0.05, 0) is 11.1 Å². The van der Waals surface area contributed by atoms with Crippen molar-refractivity contribution in [2.45, 2.75) is 38.3 Å². The summed E-state index contributed by atoms with van der Waals surface area (Å²) in [6, 6.07) is 5.87. The first kappa shape index (κ1) is 16.4. The summed E-state index contributed by atoms with van der Waals surface area (Å²) in [6.07, 6.45) is -3.96. The molecule has 1 aromatic heterocycles. The van der Waals surface area contributed by atoms with E-state index in [1.54, 1.807) is 24.3 Å². The van der Waals surface area contributed by atoms with Gasteiger partial charge in [0, 0.05) is 19.9 Å². The Morgan fingerprint density at radius 1 is 1.29 bits per heavy atom. The highest BCUT2D eigenvalue weighted by Crippen LogP contribution is 2.36. The molecule has 128 valence electrons. The minimum absolute atomic E-state index is 0.0552. The maximum Gasteiger partial charge on any atom is 0.383 e. The number of aromatic nitrogens is 2. The molecule has 2 aromatic rings. The number of halogens is 4. The van der Waals surface area contributed by atoms with Crippen molar-refractivity contribution >= 4 is 5.91 Å². The monoisotopic (exact) mass is 343 g/mol. The van der Waals surface area contributed by atoms with Crippen LogP contribution in [0.25, 0.3) is 0 Å². The van der Waals surface area contributed by atoms with E-state index < -0.39 is 24.3 Å². The van der Waals surface area contributed by atoms with E-state index in [1.165, 1.54) is 6.92 Å². The molecule has 1 aromatic carbocycles. The molecule has 0 radical (unpaired) electrons. The molecule has 1 aliphatic heterocycles. The van der Waals surface area contributed by atoms with E-state index in [-0.39, 0.29) is 24.7 Å². The van der Waals surface area contributed by atoms with Crippen LogP contribution in [0.3, 0.4) is 0 Å². The van der Waals surface area contributed by atoms with E-state index in [1.807, 2.05) is 0 Å². The van der Waals surface area contributed by atoms with E-state index in [9.17, 15) is 22.4 Å². The Labute approximate surface area is 134 Å². The third kappa shape index (κ3) is 2.74. The van der Waals surface area contributed by atoms with Gasteiger partial charge in [0.1, 0.15) is 6.04 Å². The van der Waals surface area contributed by atoms with Crippen LogP contribution in [0.2, 0.25) is 0 Å². The lowest BCUT2D eigenvalue weighted by Gasteiger charge is -2.36. The van der Waals surface area contributed by atoms with Gasteiger partial charge in [-0.15, -0.1) is 10.2 Å². The van der Waals surface area contributed by atoms with Crippen LogP contribution in [0.15, 0.2) is 28.7 Å². The largest absolute Gasteiger partial charge is 0.423 e. The number of alkyl halides is 4. The fourth-order valence-electron chi connectivity index (χ4n) is 2.69. The SMILES string of the molecule is Cc1nnc([C@@H]2Cc3ccccc3CN2C(=O)C(F)(F)C(F)F)o1. The lowest BCUT2D eigenvalue weighted by molar-refractivity contribution is -0.184. The summed E-state index contributed by atoms with van der Waals surface area (Å²) in [5, 5.41) is 7.38. The molecule has 2 heterocycles. The van der Waals surface area contributed by atoms with E-state index in [2.05, 4.69) is 10.2 Å². The number of aryl methyl sites for hydroxylation is 1. The fraction of sp³-hybridized carbons (Fsp3) is 0.400. The van der Waals surface area contributed by atoms with Gasteiger partial charge in [0.2, 0.25) is 11.8 Å². The van der Waals surface area contributed by atoms with Crippen LogP contribution in [-0.4, -0.2) is 33.4 Å². The quantitative estimate of drug-likeness (QED) is 0.804. The van der Waals surface area contributed by atoms with Crippen LogP contribution in [0.5, 0.6) is 0 Å². The predicted octanol–water partition coefficient (Wildman–Crippen LogP) is 2.90. The molecular weight excluding hydrogens is 330 g/mol. The molecule has 9 heteroatoms. The van der Waals surface area contributed by atoms with Crippen molar-refractivity contribution in [2.75, 3.05) is 0 Å². The zero-order chi connectivity index (χ0) is 17.5. The van der Waals surface area contributed by atoms with Gasteiger partial charge < -0.3 is 9.32 Å². The van der Waals surface area contributed by atoms with E-state index >= 15 is 0 Å². The molecule has 1 atom stereocenters. The summed E-state index contributed by atoms with van der Waals surface area (Å²) < 4.78 is 57.6. The minimum atomic E-state index is -4.78. The first-order valence-corrected chi connectivity index (χ1v) is 7.14. The first-order valence-electron chi connectivity index (χ1n) is 7.14. The van der Waals surface area contributed by atoms with Crippen LogP contribution in [0, 0.1) is 6.92 Å². The average molecular weight is 343 g/mol. The molecule has 0 saturated carbocycles. The van der Waals surface area contributed by atoms with Crippen molar-refractivity contribution in [3.05, 3.63) is 47.2 Å². The molecule has 0 aliphatic carbocycles. The molecule has 0 spiro atoms. The number of benzene rings is 1. The molecule has 0 fully saturated rings. The van der Waals surface area contributed by atoms with E-state index in [0.29, 0.717) is 10.5 Å². The Morgan fingerprint density at radius 2 is 1.96 bits per heavy atom. The molecule has 1 aliphatic rings. The van der Waals surface area contributed by atoms with Crippen LogP contribution >= 0.6 is 0 Å². The smallest absolute Gasteiger partial charge is 0.383 e. The van der Waals surface area contributed by atoms with Crippen LogP contribution in [-0.2, 0) is 17.8 Å². The van der Waals surface area contributed by atoms with Gasteiger partial charge in [0.05, 0.1) is 0 Å².